The zero-order valence-electron chi connectivity index (χ0n) is 12.8. The van der Waals surface area contributed by atoms with Crippen LogP contribution in [-0.4, -0.2) is 43.2 Å². The lowest BCUT2D eigenvalue weighted by atomic mass is 10.0. The molecule has 3 nitrogen and oxygen atoms in total. The van der Waals surface area contributed by atoms with Crippen LogP contribution < -0.4 is 10.1 Å². The highest BCUT2D eigenvalue weighted by atomic mass is 16.5. The van der Waals surface area contributed by atoms with E-state index in [0.717, 1.165) is 25.4 Å². The number of hydrogen-bond donors (Lipinski definition) is 1. The Kier molecular flexibility index (Phi) is 6.34. The SMILES string of the molecule is CC(C)N(CCOc1ccccc1)CC1CCCCN1. The summed E-state index contributed by atoms with van der Waals surface area (Å²) in [7, 11) is 0. The Morgan fingerprint density at radius 3 is 2.70 bits per heavy atom. The Morgan fingerprint density at radius 1 is 1.25 bits per heavy atom. The van der Waals surface area contributed by atoms with Gasteiger partial charge in [-0.05, 0) is 45.4 Å². The topological polar surface area (TPSA) is 24.5 Å². The van der Waals surface area contributed by atoms with E-state index >= 15 is 0 Å². The first-order valence-corrected chi connectivity index (χ1v) is 7.91. The standard InChI is InChI=1S/C17H28N2O/c1-15(2)19(14-16-8-6-7-11-18-16)12-13-20-17-9-4-3-5-10-17/h3-5,9-10,15-16,18H,6-8,11-14H2,1-2H3. The third-order valence-corrected chi connectivity index (χ3v) is 3.99. The summed E-state index contributed by atoms with van der Waals surface area (Å²) in [6.07, 6.45) is 4.00. The molecule has 1 aliphatic rings. The number of piperidine rings is 1. The molecule has 1 heterocycles. The Labute approximate surface area is 123 Å². The van der Waals surface area contributed by atoms with Crippen LogP contribution in [0, 0.1) is 0 Å². The molecule has 0 amide bonds. The fourth-order valence-electron chi connectivity index (χ4n) is 2.72. The van der Waals surface area contributed by atoms with Gasteiger partial charge in [0, 0.05) is 25.2 Å². The number of ether oxygens (including phenoxy) is 1. The molecule has 3 heteroatoms. The molecule has 1 aliphatic heterocycles. The molecule has 0 radical (unpaired) electrons. The van der Waals surface area contributed by atoms with E-state index in [9.17, 15) is 0 Å². The van der Waals surface area contributed by atoms with Gasteiger partial charge in [-0.15, -0.1) is 0 Å². The summed E-state index contributed by atoms with van der Waals surface area (Å²) in [6, 6.07) is 11.3. The predicted molar refractivity (Wildman–Crippen MR) is 84.3 cm³/mol. The van der Waals surface area contributed by atoms with Crippen molar-refractivity contribution in [3.8, 4) is 5.75 Å². The number of nitrogens with zero attached hydrogens (tertiary/aromatic N) is 1. The first kappa shape index (κ1) is 15.3. The third kappa shape index (κ3) is 5.14. The van der Waals surface area contributed by atoms with E-state index in [1.165, 1.54) is 25.8 Å². The highest BCUT2D eigenvalue weighted by molar-refractivity contribution is 5.20. The zero-order chi connectivity index (χ0) is 14.2. The van der Waals surface area contributed by atoms with Gasteiger partial charge in [0.25, 0.3) is 0 Å². The zero-order valence-corrected chi connectivity index (χ0v) is 12.8. The molecule has 1 aromatic carbocycles. The summed E-state index contributed by atoms with van der Waals surface area (Å²) in [4.78, 5) is 2.52. The van der Waals surface area contributed by atoms with Crippen LogP contribution in [0.5, 0.6) is 5.75 Å². The fourth-order valence-corrected chi connectivity index (χ4v) is 2.72. The lowest BCUT2D eigenvalue weighted by molar-refractivity contribution is 0.153. The van der Waals surface area contributed by atoms with Gasteiger partial charge in [0.15, 0.2) is 0 Å². The van der Waals surface area contributed by atoms with Gasteiger partial charge >= 0.3 is 0 Å². The smallest absolute Gasteiger partial charge is 0.119 e. The molecule has 1 saturated heterocycles. The van der Waals surface area contributed by atoms with Crippen LogP contribution in [0.25, 0.3) is 0 Å². The molecule has 2 rings (SSSR count). The van der Waals surface area contributed by atoms with Crippen LogP contribution in [0.2, 0.25) is 0 Å². The molecule has 0 saturated carbocycles. The second-order valence-corrected chi connectivity index (χ2v) is 5.90. The van der Waals surface area contributed by atoms with Crippen molar-refractivity contribution >= 4 is 0 Å². The molecule has 1 fully saturated rings. The Balaban J connectivity index is 1.74. The van der Waals surface area contributed by atoms with Crippen LogP contribution in [0.3, 0.4) is 0 Å². The minimum Gasteiger partial charge on any atom is -0.492 e. The van der Waals surface area contributed by atoms with E-state index in [2.05, 4.69) is 24.1 Å². The van der Waals surface area contributed by atoms with E-state index in [-0.39, 0.29) is 0 Å². The van der Waals surface area contributed by atoms with E-state index < -0.39 is 0 Å². The summed E-state index contributed by atoms with van der Waals surface area (Å²) in [5, 5.41) is 3.63. The monoisotopic (exact) mass is 276 g/mol. The average molecular weight is 276 g/mol. The molecule has 1 aromatic rings. The fraction of sp³-hybridized carbons (Fsp3) is 0.647. The third-order valence-electron chi connectivity index (χ3n) is 3.99. The van der Waals surface area contributed by atoms with Crippen molar-refractivity contribution in [2.24, 2.45) is 0 Å². The lowest BCUT2D eigenvalue weighted by Crippen LogP contribution is -2.47. The predicted octanol–water partition coefficient (Wildman–Crippen LogP) is 2.92. The molecule has 20 heavy (non-hydrogen) atoms. The largest absolute Gasteiger partial charge is 0.492 e. The number of hydrogen-bond acceptors (Lipinski definition) is 3. The molecule has 1 atom stereocenters. The van der Waals surface area contributed by atoms with Gasteiger partial charge < -0.3 is 10.1 Å². The highest BCUT2D eigenvalue weighted by Crippen LogP contribution is 2.11. The van der Waals surface area contributed by atoms with Gasteiger partial charge in [-0.25, -0.2) is 0 Å². The summed E-state index contributed by atoms with van der Waals surface area (Å²) in [5.41, 5.74) is 0. The quantitative estimate of drug-likeness (QED) is 0.829. The number of nitrogens with one attached hydrogen (secondary N) is 1. The first-order valence-electron chi connectivity index (χ1n) is 7.91. The average Bonchev–Trinajstić information content (AvgIpc) is 2.48. The maximum atomic E-state index is 5.81. The first-order chi connectivity index (χ1) is 9.75. The van der Waals surface area contributed by atoms with Crippen LogP contribution in [0.4, 0.5) is 0 Å². The van der Waals surface area contributed by atoms with Crippen molar-refractivity contribution in [2.75, 3.05) is 26.2 Å². The number of rotatable bonds is 7. The van der Waals surface area contributed by atoms with E-state index in [4.69, 9.17) is 4.74 Å². The highest BCUT2D eigenvalue weighted by Gasteiger charge is 2.18. The van der Waals surface area contributed by atoms with E-state index in [1.807, 2.05) is 30.3 Å². The summed E-state index contributed by atoms with van der Waals surface area (Å²) in [5.74, 6) is 0.965. The van der Waals surface area contributed by atoms with Crippen molar-refractivity contribution in [3.63, 3.8) is 0 Å². The number of para-hydroxylation sites is 1. The summed E-state index contributed by atoms with van der Waals surface area (Å²) in [6.45, 7) is 8.60. The molecular weight excluding hydrogens is 248 g/mol. The van der Waals surface area contributed by atoms with Gasteiger partial charge in [0.1, 0.15) is 12.4 Å². The lowest BCUT2D eigenvalue weighted by Gasteiger charge is -2.33. The molecule has 112 valence electrons. The van der Waals surface area contributed by atoms with Crippen LogP contribution >= 0.6 is 0 Å². The Bertz CT molecular complexity index is 361. The Morgan fingerprint density at radius 2 is 2.05 bits per heavy atom. The molecule has 0 aromatic heterocycles. The van der Waals surface area contributed by atoms with Crippen molar-refractivity contribution < 1.29 is 4.74 Å². The molecule has 1 N–H and O–H groups in total. The molecule has 0 spiro atoms. The molecule has 1 unspecified atom stereocenters. The van der Waals surface area contributed by atoms with Crippen molar-refractivity contribution in [1.82, 2.24) is 10.2 Å². The molecule has 0 aliphatic carbocycles. The van der Waals surface area contributed by atoms with Crippen molar-refractivity contribution in [1.29, 1.82) is 0 Å². The van der Waals surface area contributed by atoms with Crippen molar-refractivity contribution in [3.05, 3.63) is 30.3 Å². The molecule has 0 bridgehead atoms. The van der Waals surface area contributed by atoms with Gasteiger partial charge in [0.05, 0.1) is 0 Å². The van der Waals surface area contributed by atoms with Crippen molar-refractivity contribution in [2.45, 2.75) is 45.2 Å². The van der Waals surface area contributed by atoms with Gasteiger partial charge in [-0.3, -0.25) is 4.90 Å². The van der Waals surface area contributed by atoms with Crippen LogP contribution in [-0.2, 0) is 0 Å². The summed E-state index contributed by atoms with van der Waals surface area (Å²) >= 11 is 0. The second kappa shape index (κ2) is 8.28. The maximum Gasteiger partial charge on any atom is 0.119 e. The van der Waals surface area contributed by atoms with E-state index in [0.29, 0.717) is 12.1 Å². The van der Waals surface area contributed by atoms with Gasteiger partial charge in [0.2, 0.25) is 0 Å². The Hall–Kier alpha value is -1.06. The second-order valence-electron chi connectivity index (χ2n) is 5.90. The minimum absolute atomic E-state index is 0.568. The normalized spacial score (nSPS) is 19.5. The van der Waals surface area contributed by atoms with Gasteiger partial charge in [-0.1, -0.05) is 24.6 Å². The summed E-state index contributed by atoms with van der Waals surface area (Å²) < 4.78 is 5.81. The number of benzene rings is 1. The maximum absolute atomic E-state index is 5.81. The van der Waals surface area contributed by atoms with E-state index in [1.54, 1.807) is 0 Å². The molecular formula is C17H28N2O. The van der Waals surface area contributed by atoms with Gasteiger partial charge in [-0.2, -0.15) is 0 Å². The van der Waals surface area contributed by atoms with Crippen LogP contribution in [0.15, 0.2) is 30.3 Å². The van der Waals surface area contributed by atoms with Crippen LogP contribution in [0.1, 0.15) is 33.1 Å². The minimum atomic E-state index is 0.568.